The summed E-state index contributed by atoms with van der Waals surface area (Å²) in [5, 5.41) is 4.56. The van der Waals surface area contributed by atoms with E-state index in [4.69, 9.17) is 21.1 Å². The second-order valence-electron chi connectivity index (χ2n) is 14.4. The minimum absolute atomic E-state index is 0.0462. The Morgan fingerprint density at radius 2 is 2.00 bits per heavy atom. The zero-order valence-electron chi connectivity index (χ0n) is 27.2. The molecule has 0 unspecified atom stereocenters. The van der Waals surface area contributed by atoms with Crippen molar-refractivity contribution in [1.29, 1.82) is 0 Å². The maximum Gasteiger partial charge on any atom is 0.264 e. The van der Waals surface area contributed by atoms with Crippen molar-refractivity contribution in [3.8, 4) is 5.75 Å². The molecule has 3 aliphatic carbocycles. The Bertz CT molecular complexity index is 1860. The molecule has 8 rings (SSSR count). The van der Waals surface area contributed by atoms with Gasteiger partial charge in [-0.1, -0.05) is 29.8 Å². The Labute approximate surface area is 286 Å². The van der Waals surface area contributed by atoms with Crippen LogP contribution in [0, 0.1) is 17.8 Å². The number of hydrogen-bond donors (Lipinski definition) is 1. The van der Waals surface area contributed by atoms with Crippen molar-refractivity contribution in [2.45, 2.75) is 74.7 Å². The van der Waals surface area contributed by atoms with Gasteiger partial charge in [0.2, 0.25) is 10.0 Å². The summed E-state index contributed by atoms with van der Waals surface area (Å²) < 4.78 is 44.1. The summed E-state index contributed by atoms with van der Waals surface area (Å²) in [5.41, 5.74) is 3.41. The van der Waals surface area contributed by atoms with Gasteiger partial charge < -0.3 is 14.4 Å². The molecule has 1 spiro atoms. The van der Waals surface area contributed by atoms with Crippen LogP contribution in [0.15, 0.2) is 54.9 Å². The fourth-order valence-corrected chi connectivity index (χ4v) is 10.5. The number of halogens is 1. The van der Waals surface area contributed by atoms with Crippen molar-refractivity contribution >= 4 is 33.2 Å². The van der Waals surface area contributed by atoms with E-state index in [2.05, 4.69) is 44.0 Å². The third-order valence-electron chi connectivity index (χ3n) is 11.5. The van der Waals surface area contributed by atoms with Crippen LogP contribution in [0.3, 0.4) is 0 Å². The smallest absolute Gasteiger partial charge is 0.264 e. The first kappa shape index (κ1) is 31.8. The van der Waals surface area contributed by atoms with E-state index >= 15 is 0 Å². The topological polar surface area (TPSA) is 116 Å². The second-order valence-corrected chi connectivity index (χ2v) is 16.8. The van der Waals surface area contributed by atoms with Gasteiger partial charge in [-0.05, 0) is 111 Å². The van der Waals surface area contributed by atoms with Gasteiger partial charge in [0, 0.05) is 36.1 Å². The van der Waals surface area contributed by atoms with Gasteiger partial charge in [-0.15, -0.1) is 0 Å². The first-order valence-electron chi connectivity index (χ1n) is 17.2. The number of aryl methyl sites for hydroxylation is 2. The number of hydrogen-bond acceptors (Lipinski definition) is 8. The van der Waals surface area contributed by atoms with Gasteiger partial charge in [0.1, 0.15) is 18.7 Å². The predicted octanol–water partition coefficient (Wildman–Crippen LogP) is 5.35. The molecule has 10 nitrogen and oxygen atoms in total. The molecule has 48 heavy (non-hydrogen) atoms. The molecule has 2 bridgehead atoms. The molecule has 6 atom stereocenters. The van der Waals surface area contributed by atoms with Crippen molar-refractivity contribution in [2.75, 3.05) is 24.6 Å². The molecule has 2 aliphatic heterocycles. The van der Waals surface area contributed by atoms with E-state index in [1.54, 1.807) is 17.1 Å². The molecule has 3 aromatic rings. The van der Waals surface area contributed by atoms with Gasteiger partial charge in [0.15, 0.2) is 5.82 Å². The van der Waals surface area contributed by atoms with Crippen LogP contribution in [0.1, 0.15) is 72.3 Å². The van der Waals surface area contributed by atoms with E-state index in [1.807, 2.05) is 25.2 Å². The van der Waals surface area contributed by atoms with E-state index in [-0.39, 0.29) is 23.4 Å². The largest absolute Gasteiger partial charge is 0.490 e. The molecular formula is C36H42ClN5O5S. The third kappa shape index (κ3) is 5.92. The summed E-state index contributed by atoms with van der Waals surface area (Å²) in [6.45, 7) is 2.28. The van der Waals surface area contributed by atoms with Crippen LogP contribution in [0.5, 0.6) is 5.75 Å². The average Bonchev–Trinajstić information content (AvgIpc) is 3.38. The number of carbonyl (C=O) groups excluding carboxylic acids is 1. The quantitative estimate of drug-likeness (QED) is 0.366. The molecule has 2 fully saturated rings. The minimum atomic E-state index is -3.86. The number of nitrogens with zero attached hydrogens (tertiary/aromatic N) is 4. The van der Waals surface area contributed by atoms with E-state index in [0.717, 1.165) is 55.8 Å². The Kier molecular flexibility index (Phi) is 8.28. The van der Waals surface area contributed by atoms with Crippen LogP contribution in [0.25, 0.3) is 0 Å². The number of anilines is 1. The summed E-state index contributed by atoms with van der Waals surface area (Å²) >= 11 is 6.45. The number of fused-ring (bicyclic) bond motifs is 5. The molecule has 1 aromatic heterocycles. The Balaban J connectivity index is 1.17. The Morgan fingerprint density at radius 3 is 2.77 bits per heavy atom. The number of rotatable bonds is 3. The summed E-state index contributed by atoms with van der Waals surface area (Å²) in [4.78, 5) is 20.3. The number of sulfonamides is 1. The van der Waals surface area contributed by atoms with E-state index in [9.17, 15) is 13.2 Å². The highest BCUT2D eigenvalue weighted by Crippen LogP contribution is 2.47. The highest BCUT2D eigenvalue weighted by molar-refractivity contribution is 7.90. The summed E-state index contributed by atoms with van der Waals surface area (Å²) in [7, 11) is -2.01. The van der Waals surface area contributed by atoms with Gasteiger partial charge in [-0.3, -0.25) is 9.48 Å². The molecule has 1 N–H and O–H groups in total. The van der Waals surface area contributed by atoms with Gasteiger partial charge in [0.25, 0.3) is 5.91 Å². The Morgan fingerprint density at radius 1 is 1.12 bits per heavy atom. The summed E-state index contributed by atoms with van der Waals surface area (Å²) in [5.74, 6) is 1.31. The van der Waals surface area contributed by atoms with Gasteiger partial charge >= 0.3 is 0 Å². The predicted molar refractivity (Wildman–Crippen MR) is 183 cm³/mol. The van der Waals surface area contributed by atoms with Gasteiger partial charge in [-0.2, -0.15) is 5.10 Å². The van der Waals surface area contributed by atoms with Crippen molar-refractivity contribution in [1.82, 2.24) is 19.5 Å². The third-order valence-corrected chi connectivity index (χ3v) is 13.6. The number of nitrogens with one attached hydrogen (secondary N) is 1. The molecule has 0 radical (unpaired) electrons. The minimum Gasteiger partial charge on any atom is -0.490 e. The zero-order valence-corrected chi connectivity index (χ0v) is 28.8. The summed E-state index contributed by atoms with van der Waals surface area (Å²) in [6, 6.07) is 11.6. The zero-order chi connectivity index (χ0) is 33.0. The number of allylic oxidation sites excluding steroid dienone is 1. The fraction of sp³-hybridized carbons (Fsp3) is 0.528. The highest BCUT2D eigenvalue weighted by Gasteiger charge is 2.45. The van der Waals surface area contributed by atoms with E-state index in [0.29, 0.717) is 55.7 Å². The molecule has 2 saturated carbocycles. The molecule has 5 aliphatic rings. The maximum absolute atomic E-state index is 13.5. The monoisotopic (exact) mass is 691 g/mol. The number of amides is 1. The first-order chi connectivity index (χ1) is 23.2. The maximum atomic E-state index is 13.5. The number of ether oxygens (including phenoxy) is 2. The number of benzene rings is 2. The molecule has 2 aromatic carbocycles. The lowest BCUT2D eigenvalue weighted by atomic mass is 9.68. The number of aromatic nitrogens is 3. The van der Waals surface area contributed by atoms with Crippen LogP contribution in [-0.4, -0.2) is 60.1 Å². The second kappa shape index (κ2) is 12.5. The molecule has 0 saturated heterocycles. The van der Waals surface area contributed by atoms with Crippen LogP contribution < -0.4 is 14.4 Å². The highest BCUT2D eigenvalue weighted by atomic mass is 35.5. The fourth-order valence-electron chi connectivity index (χ4n) is 8.60. The lowest BCUT2D eigenvalue weighted by Crippen LogP contribution is -2.50. The standard InChI is InChI=1S/C36H42ClN5O5S/c1-41-22-38-34(39-41)19-46-31-6-2-4-23-9-14-33(23)48(44,45)40-35(43)25-8-13-32-30(17-25)42(18-26-7-11-28(26)31)20-36(21-47-32)15-3-5-24-16-27(37)10-12-29(24)36/h2,6,8,10,12-13,16-17,22-23,26,28,31,33H,3-5,7,9,11,14-15,18-21H2,1H3,(H,40,43)/b6-2-/t23-,26-,28+,31-,33-,36-/m0/s1. The van der Waals surface area contributed by atoms with Crippen LogP contribution in [0.4, 0.5) is 5.69 Å². The molecule has 1 amide bonds. The van der Waals surface area contributed by atoms with E-state index < -0.39 is 21.2 Å². The Hall–Kier alpha value is -3.41. The van der Waals surface area contributed by atoms with Crippen molar-refractivity contribution < 1.29 is 22.7 Å². The molecule has 3 heterocycles. The lowest BCUT2D eigenvalue weighted by molar-refractivity contribution is -0.0249. The lowest BCUT2D eigenvalue weighted by Gasteiger charge is -2.46. The summed E-state index contributed by atoms with van der Waals surface area (Å²) in [6.07, 6.45) is 12.8. The average molecular weight is 692 g/mol. The van der Waals surface area contributed by atoms with Crippen LogP contribution in [0.2, 0.25) is 5.02 Å². The molecular weight excluding hydrogens is 650 g/mol. The normalized spacial score (nSPS) is 31.5. The van der Waals surface area contributed by atoms with Crippen molar-refractivity contribution in [3.05, 3.63) is 82.4 Å². The molecule has 254 valence electrons. The van der Waals surface area contributed by atoms with Gasteiger partial charge in [-0.25, -0.2) is 18.1 Å². The first-order valence-corrected chi connectivity index (χ1v) is 19.1. The van der Waals surface area contributed by atoms with Crippen molar-refractivity contribution in [2.24, 2.45) is 24.8 Å². The van der Waals surface area contributed by atoms with Crippen LogP contribution >= 0.6 is 11.6 Å². The van der Waals surface area contributed by atoms with Gasteiger partial charge in [0.05, 0.1) is 23.6 Å². The SMILES string of the molecule is Cn1cnc(CO[C@H]2/C=C\C[C@H]3CC[C@@H]3S(=O)(=O)NC(=O)c3ccc4c(c3)N(C[C@@H]3CC[C@H]32)C[C@@]2(CCCc3cc(Cl)ccc32)CO4)n1. The van der Waals surface area contributed by atoms with Crippen molar-refractivity contribution in [3.63, 3.8) is 0 Å². The van der Waals surface area contributed by atoms with E-state index in [1.165, 1.54) is 11.1 Å². The van der Waals surface area contributed by atoms with Crippen LogP contribution in [-0.2, 0) is 40.3 Å². The molecule has 12 heteroatoms. The number of carbonyl (C=O) groups is 1.